The number of aromatic nitrogens is 3. The molecule has 0 aliphatic carbocycles. The largest absolute Gasteiger partial charge is 0.474 e. The van der Waals surface area contributed by atoms with Crippen molar-refractivity contribution in [2.75, 3.05) is 39.3 Å². The average molecular weight is 487 g/mol. The highest BCUT2D eigenvalue weighted by Gasteiger charge is 2.26. The van der Waals surface area contributed by atoms with Crippen molar-refractivity contribution in [3.8, 4) is 5.88 Å². The van der Waals surface area contributed by atoms with Crippen molar-refractivity contribution in [1.29, 1.82) is 0 Å². The first-order valence-corrected chi connectivity index (χ1v) is 13.4. The summed E-state index contributed by atoms with van der Waals surface area (Å²) >= 11 is 0. The molecule has 2 aliphatic heterocycles. The van der Waals surface area contributed by atoms with Gasteiger partial charge in [0.2, 0.25) is 5.88 Å². The van der Waals surface area contributed by atoms with Gasteiger partial charge in [-0.25, -0.2) is 4.68 Å². The summed E-state index contributed by atoms with van der Waals surface area (Å²) in [5.74, 6) is 0.437. The molecule has 0 aromatic carbocycles. The number of ether oxygens (including phenoxy) is 1. The van der Waals surface area contributed by atoms with Gasteiger partial charge in [-0.2, -0.15) is 10.1 Å². The van der Waals surface area contributed by atoms with Crippen LogP contribution in [0, 0.1) is 0 Å². The van der Waals surface area contributed by atoms with E-state index >= 15 is 0 Å². The van der Waals surface area contributed by atoms with Gasteiger partial charge in [0.1, 0.15) is 0 Å². The van der Waals surface area contributed by atoms with E-state index in [1.54, 1.807) is 4.68 Å². The lowest BCUT2D eigenvalue weighted by molar-refractivity contribution is 0.0732. The summed E-state index contributed by atoms with van der Waals surface area (Å²) in [6.45, 7) is 9.55. The fraction of sp³-hybridized carbons (Fsp3) is 0.731. The number of aliphatic hydroxyl groups is 1. The van der Waals surface area contributed by atoms with Crippen molar-refractivity contribution < 1.29 is 14.6 Å². The third-order valence-electron chi connectivity index (χ3n) is 7.66. The van der Waals surface area contributed by atoms with Crippen LogP contribution in [-0.4, -0.2) is 93.1 Å². The number of rotatable bonds is 10. The van der Waals surface area contributed by atoms with Gasteiger partial charge in [0.25, 0.3) is 5.91 Å². The highest BCUT2D eigenvalue weighted by atomic mass is 16.5. The monoisotopic (exact) mass is 486 g/mol. The minimum Gasteiger partial charge on any atom is -0.474 e. The number of fused-ring (bicyclic) bond motifs is 1. The highest BCUT2D eigenvalue weighted by molar-refractivity contribution is 6.04. The molecule has 2 fully saturated rings. The number of nitrogens with zero attached hydrogens (tertiary/aromatic N) is 5. The molecular weight excluding hydrogens is 444 g/mol. The summed E-state index contributed by atoms with van der Waals surface area (Å²) in [6.07, 6.45) is 7.42. The average Bonchev–Trinajstić information content (AvgIpc) is 3.22. The topological polar surface area (TPSA) is 95.8 Å². The molecule has 1 unspecified atom stereocenters. The number of pyridine rings is 1. The number of aliphatic hydroxyl groups excluding tert-OH is 1. The number of amides is 1. The number of aryl methyl sites for hydroxylation is 1. The maximum Gasteiger partial charge on any atom is 0.272 e. The minimum atomic E-state index is -0.136. The van der Waals surface area contributed by atoms with Crippen molar-refractivity contribution >= 4 is 16.9 Å². The number of nitrogens with one attached hydrogen (secondary N) is 1. The number of hydrogen-bond donors (Lipinski definition) is 2. The smallest absolute Gasteiger partial charge is 0.272 e. The van der Waals surface area contributed by atoms with Crippen LogP contribution in [0.15, 0.2) is 12.1 Å². The molecule has 1 amide bonds. The normalized spacial score (nSPS) is 20.5. The second-order valence-electron chi connectivity index (χ2n) is 10.0. The summed E-state index contributed by atoms with van der Waals surface area (Å²) < 4.78 is 7.63. The quantitative estimate of drug-likeness (QED) is 0.533. The first-order chi connectivity index (χ1) is 17.0. The first-order valence-electron chi connectivity index (χ1n) is 13.4. The molecule has 35 heavy (non-hydrogen) atoms. The van der Waals surface area contributed by atoms with Gasteiger partial charge >= 0.3 is 0 Å². The highest BCUT2D eigenvalue weighted by Crippen LogP contribution is 2.22. The SMILES string of the molecule is CCC(CC)Oc1ccc2c(C(=O)NC3CCN(CCN4CCCCC4CO)CC3)nn(C)c2n1. The molecule has 1 atom stereocenters. The Morgan fingerprint density at radius 1 is 1.14 bits per heavy atom. The Kier molecular flexibility index (Phi) is 8.97. The van der Waals surface area contributed by atoms with Crippen molar-refractivity contribution in [1.82, 2.24) is 29.9 Å². The fourth-order valence-electron chi connectivity index (χ4n) is 5.36. The maximum atomic E-state index is 13.1. The Morgan fingerprint density at radius 3 is 2.63 bits per heavy atom. The number of carbonyl (C=O) groups is 1. The van der Waals surface area contributed by atoms with Crippen molar-refractivity contribution in [3.63, 3.8) is 0 Å². The van der Waals surface area contributed by atoms with E-state index in [0.717, 1.165) is 70.2 Å². The lowest BCUT2D eigenvalue weighted by Gasteiger charge is -2.38. The van der Waals surface area contributed by atoms with Crippen molar-refractivity contribution in [2.45, 2.75) is 77.0 Å². The summed E-state index contributed by atoms with van der Waals surface area (Å²) in [5.41, 5.74) is 1.08. The molecule has 9 heteroatoms. The summed E-state index contributed by atoms with van der Waals surface area (Å²) in [5, 5.41) is 18.1. The van der Waals surface area contributed by atoms with Crippen LogP contribution >= 0.6 is 0 Å². The zero-order valence-corrected chi connectivity index (χ0v) is 21.6. The lowest BCUT2D eigenvalue weighted by atomic mass is 10.0. The minimum absolute atomic E-state index is 0.136. The number of piperidine rings is 2. The van der Waals surface area contributed by atoms with E-state index in [-0.39, 0.29) is 24.7 Å². The van der Waals surface area contributed by atoms with E-state index in [1.807, 2.05) is 19.2 Å². The Bertz CT molecular complexity index is 967. The third kappa shape index (κ3) is 6.32. The molecule has 9 nitrogen and oxygen atoms in total. The van der Waals surface area contributed by atoms with Gasteiger partial charge in [0.15, 0.2) is 11.3 Å². The molecule has 2 aromatic heterocycles. The summed E-state index contributed by atoms with van der Waals surface area (Å²) in [7, 11) is 1.81. The van der Waals surface area contributed by atoms with Gasteiger partial charge in [-0.05, 0) is 51.1 Å². The molecule has 4 rings (SSSR count). The number of carbonyl (C=O) groups excluding carboxylic acids is 1. The van der Waals surface area contributed by atoms with E-state index < -0.39 is 0 Å². The van der Waals surface area contributed by atoms with E-state index in [0.29, 0.717) is 23.3 Å². The van der Waals surface area contributed by atoms with E-state index in [9.17, 15) is 9.90 Å². The van der Waals surface area contributed by atoms with Crippen LogP contribution in [0.2, 0.25) is 0 Å². The van der Waals surface area contributed by atoms with Gasteiger partial charge in [-0.15, -0.1) is 0 Å². The Labute approximate surface area is 208 Å². The second-order valence-corrected chi connectivity index (χ2v) is 10.0. The van der Waals surface area contributed by atoms with Gasteiger partial charge in [-0.1, -0.05) is 20.3 Å². The van der Waals surface area contributed by atoms with Gasteiger partial charge in [0, 0.05) is 51.4 Å². The molecule has 4 heterocycles. The molecule has 0 saturated carbocycles. The van der Waals surface area contributed by atoms with Crippen LogP contribution in [0.25, 0.3) is 11.0 Å². The Hall–Kier alpha value is -2.23. The maximum absolute atomic E-state index is 13.1. The Balaban J connectivity index is 1.29. The molecule has 0 bridgehead atoms. The van der Waals surface area contributed by atoms with E-state index in [1.165, 1.54) is 12.8 Å². The molecule has 2 saturated heterocycles. The van der Waals surface area contributed by atoms with Crippen molar-refractivity contribution in [3.05, 3.63) is 17.8 Å². The van der Waals surface area contributed by atoms with Gasteiger partial charge in [-0.3, -0.25) is 9.69 Å². The molecule has 194 valence electrons. The number of hydrogen-bond acceptors (Lipinski definition) is 7. The van der Waals surface area contributed by atoms with Crippen LogP contribution in [0.1, 0.15) is 69.3 Å². The summed E-state index contributed by atoms with van der Waals surface area (Å²) in [6, 6.07) is 4.21. The fourth-order valence-corrected chi connectivity index (χ4v) is 5.36. The zero-order chi connectivity index (χ0) is 24.8. The predicted octanol–water partition coefficient (Wildman–Crippen LogP) is 2.58. The summed E-state index contributed by atoms with van der Waals surface area (Å²) in [4.78, 5) is 22.6. The van der Waals surface area contributed by atoms with Gasteiger partial charge in [0.05, 0.1) is 18.1 Å². The predicted molar refractivity (Wildman–Crippen MR) is 137 cm³/mol. The lowest BCUT2D eigenvalue weighted by Crippen LogP contribution is -2.49. The van der Waals surface area contributed by atoms with Crippen LogP contribution in [0.4, 0.5) is 0 Å². The van der Waals surface area contributed by atoms with Crippen LogP contribution in [0.5, 0.6) is 5.88 Å². The first kappa shape index (κ1) is 25.9. The van der Waals surface area contributed by atoms with Crippen LogP contribution < -0.4 is 10.1 Å². The second kappa shape index (κ2) is 12.1. The van der Waals surface area contributed by atoms with E-state index in [4.69, 9.17) is 4.74 Å². The molecular formula is C26H42N6O3. The van der Waals surface area contributed by atoms with Crippen molar-refractivity contribution in [2.24, 2.45) is 7.05 Å². The van der Waals surface area contributed by atoms with E-state index in [2.05, 4.69) is 39.0 Å². The molecule has 0 spiro atoms. The van der Waals surface area contributed by atoms with Gasteiger partial charge < -0.3 is 20.1 Å². The molecule has 2 aromatic rings. The van der Waals surface area contributed by atoms with Crippen LogP contribution in [-0.2, 0) is 7.05 Å². The Morgan fingerprint density at radius 2 is 1.91 bits per heavy atom. The van der Waals surface area contributed by atoms with Crippen LogP contribution in [0.3, 0.4) is 0 Å². The molecule has 2 aliphatic rings. The number of likely N-dealkylation sites (tertiary alicyclic amines) is 2. The third-order valence-corrected chi connectivity index (χ3v) is 7.66. The molecule has 2 N–H and O–H groups in total. The zero-order valence-electron chi connectivity index (χ0n) is 21.6. The molecule has 0 radical (unpaired) electrons. The standard InChI is InChI=1S/C26H42N6O3/c1-4-21(5-2)35-23-10-9-22-24(29-30(3)25(22)28-23)26(34)27-19-11-14-31(15-12-19)16-17-32-13-7-6-8-20(32)18-33/h9-10,19-21,33H,4-8,11-18H2,1-3H3,(H,27,34).